The number of carboxylic acids is 1. The maximum Gasteiger partial charge on any atom is 0.327 e. The van der Waals surface area contributed by atoms with E-state index < -0.39 is 22.7 Å². The number of thiol groups is 1. The lowest BCUT2D eigenvalue weighted by Crippen LogP contribution is -2.51. The molecule has 0 saturated heterocycles. The van der Waals surface area contributed by atoms with E-state index in [1.807, 2.05) is 0 Å². The average molecular weight is 291 g/mol. The molecule has 1 aromatic rings. The van der Waals surface area contributed by atoms with Crippen molar-refractivity contribution < 1.29 is 14.7 Å². The predicted octanol–water partition coefficient (Wildman–Crippen LogP) is 1.39. The van der Waals surface area contributed by atoms with Crippen LogP contribution in [0, 0.1) is 0 Å². The van der Waals surface area contributed by atoms with Crippen molar-refractivity contribution in [3.63, 3.8) is 0 Å². The van der Waals surface area contributed by atoms with E-state index in [4.69, 9.17) is 5.11 Å². The molecule has 0 aromatic carbocycles. The molecule has 0 aliphatic heterocycles. The van der Waals surface area contributed by atoms with Gasteiger partial charge in [0.1, 0.15) is 6.04 Å². The highest BCUT2D eigenvalue weighted by Crippen LogP contribution is 2.18. The highest BCUT2D eigenvalue weighted by atomic mass is 35.5. The Morgan fingerprint density at radius 2 is 2.11 bits per heavy atom. The lowest BCUT2D eigenvalue weighted by molar-refractivity contribution is -0.139. The molecule has 1 amide bonds. The molecule has 0 aliphatic carbocycles. The van der Waals surface area contributed by atoms with Gasteiger partial charge in [-0.1, -0.05) is 0 Å². The van der Waals surface area contributed by atoms with Crippen LogP contribution in [-0.2, 0) is 4.79 Å². The number of pyridine rings is 1. The van der Waals surface area contributed by atoms with E-state index in [2.05, 4.69) is 22.9 Å². The first-order valence-corrected chi connectivity index (χ1v) is 5.43. The molecule has 0 unspecified atom stereocenters. The van der Waals surface area contributed by atoms with Crippen molar-refractivity contribution in [2.24, 2.45) is 0 Å². The molecule has 0 radical (unpaired) electrons. The van der Waals surface area contributed by atoms with E-state index in [0.29, 0.717) is 5.56 Å². The first kappa shape index (κ1) is 16.7. The van der Waals surface area contributed by atoms with E-state index in [1.54, 1.807) is 26.0 Å². The van der Waals surface area contributed by atoms with Crippen molar-refractivity contribution in [3.05, 3.63) is 30.1 Å². The molecule has 0 saturated carbocycles. The molecule has 1 heterocycles. The SMILES string of the molecule is CC(C)(S)[C@@H](NC(=O)c1cccnc1)C(=O)O.Cl. The molecule has 1 atom stereocenters. The van der Waals surface area contributed by atoms with Crippen molar-refractivity contribution in [1.82, 2.24) is 10.3 Å². The number of nitrogens with zero attached hydrogens (tertiary/aromatic N) is 1. The number of aromatic nitrogens is 1. The summed E-state index contributed by atoms with van der Waals surface area (Å²) in [5.74, 6) is -1.60. The molecule has 100 valence electrons. The fourth-order valence-electron chi connectivity index (χ4n) is 1.25. The summed E-state index contributed by atoms with van der Waals surface area (Å²) >= 11 is 4.16. The normalized spacial score (nSPS) is 12.2. The molecule has 7 heteroatoms. The number of hydrogen-bond acceptors (Lipinski definition) is 4. The van der Waals surface area contributed by atoms with Gasteiger partial charge in [-0.2, -0.15) is 12.6 Å². The van der Waals surface area contributed by atoms with Crippen LogP contribution in [0.25, 0.3) is 0 Å². The third-order valence-electron chi connectivity index (χ3n) is 2.15. The molecule has 5 nitrogen and oxygen atoms in total. The van der Waals surface area contributed by atoms with Gasteiger partial charge in [0.2, 0.25) is 0 Å². The Kier molecular flexibility index (Phi) is 6.14. The smallest absolute Gasteiger partial charge is 0.327 e. The van der Waals surface area contributed by atoms with Gasteiger partial charge in [0.15, 0.2) is 0 Å². The Balaban J connectivity index is 0.00000289. The monoisotopic (exact) mass is 290 g/mol. The zero-order valence-corrected chi connectivity index (χ0v) is 11.7. The van der Waals surface area contributed by atoms with Crippen LogP contribution in [0.3, 0.4) is 0 Å². The summed E-state index contributed by atoms with van der Waals surface area (Å²) in [5, 5.41) is 11.4. The number of hydrogen-bond donors (Lipinski definition) is 3. The first-order valence-electron chi connectivity index (χ1n) is 4.98. The van der Waals surface area contributed by atoms with Gasteiger partial charge in [0.05, 0.1) is 5.56 Å². The van der Waals surface area contributed by atoms with Gasteiger partial charge in [-0.05, 0) is 26.0 Å². The van der Waals surface area contributed by atoms with E-state index >= 15 is 0 Å². The minimum absolute atomic E-state index is 0. The van der Waals surface area contributed by atoms with Crippen molar-refractivity contribution in [3.8, 4) is 0 Å². The summed E-state index contributed by atoms with van der Waals surface area (Å²) in [5.41, 5.74) is 0.316. The van der Waals surface area contributed by atoms with E-state index in [9.17, 15) is 9.59 Å². The van der Waals surface area contributed by atoms with Gasteiger partial charge < -0.3 is 10.4 Å². The summed E-state index contributed by atoms with van der Waals surface area (Å²) in [6.07, 6.45) is 2.91. The maximum atomic E-state index is 11.8. The van der Waals surface area contributed by atoms with Crippen LogP contribution in [0.15, 0.2) is 24.5 Å². The van der Waals surface area contributed by atoms with E-state index in [0.717, 1.165) is 0 Å². The number of carbonyl (C=O) groups is 2. The predicted molar refractivity (Wildman–Crippen MR) is 73.4 cm³/mol. The molecule has 2 N–H and O–H groups in total. The van der Waals surface area contributed by atoms with Crippen LogP contribution in [-0.4, -0.2) is 32.8 Å². The highest BCUT2D eigenvalue weighted by molar-refractivity contribution is 7.81. The maximum absolute atomic E-state index is 11.8. The number of carboxylic acid groups (broad SMARTS) is 1. The van der Waals surface area contributed by atoms with Gasteiger partial charge in [-0.25, -0.2) is 4.79 Å². The molecular weight excluding hydrogens is 276 g/mol. The van der Waals surface area contributed by atoms with Crippen molar-refractivity contribution in [1.29, 1.82) is 0 Å². The zero-order chi connectivity index (χ0) is 13.1. The molecule has 0 fully saturated rings. The molecule has 1 aromatic heterocycles. The van der Waals surface area contributed by atoms with Crippen molar-refractivity contribution in [2.75, 3.05) is 0 Å². The summed E-state index contributed by atoms with van der Waals surface area (Å²) < 4.78 is -0.857. The summed E-state index contributed by atoms with van der Waals surface area (Å²) in [4.78, 5) is 26.6. The van der Waals surface area contributed by atoms with Gasteiger partial charge in [0, 0.05) is 17.1 Å². The second-order valence-corrected chi connectivity index (χ2v) is 5.29. The Morgan fingerprint density at radius 1 is 1.50 bits per heavy atom. The number of rotatable bonds is 4. The largest absolute Gasteiger partial charge is 0.480 e. The van der Waals surface area contributed by atoms with Crippen LogP contribution < -0.4 is 5.32 Å². The van der Waals surface area contributed by atoms with Crippen LogP contribution >= 0.6 is 25.0 Å². The van der Waals surface area contributed by atoms with Crippen LogP contribution in [0.4, 0.5) is 0 Å². The van der Waals surface area contributed by atoms with Crippen molar-refractivity contribution in [2.45, 2.75) is 24.6 Å². The topological polar surface area (TPSA) is 79.3 Å². The number of carbonyl (C=O) groups excluding carboxylic acids is 1. The molecule has 18 heavy (non-hydrogen) atoms. The molecular formula is C11H15ClN2O3S. The fraction of sp³-hybridized carbons (Fsp3) is 0.364. The standard InChI is InChI=1S/C11H14N2O3S.ClH/c1-11(2,17)8(10(15)16)13-9(14)7-4-3-5-12-6-7;/h3-6,8,17H,1-2H3,(H,13,14)(H,15,16);1H/t8-;/m0./s1. The third-order valence-corrected chi connectivity index (χ3v) is 2.41. The minimum Gasteiger partial charge on any atom is -0.480 e. The molecule has 0 aliphatic rings. The number of nitrogens with one attached hydrogen (secondary N) is 1. The van der Waals surface area contributed by atoms with Crippen LogP contribution in [0.5, 0.6) is 0 Å². The number of aliphatic carboxylic acids is 1. The van der Waals surface area contributed by atoms with E-state index in [-0.39, 0.29) is 12.4 Å². The van der Waals surface area contributed by atoms with Gasteiger partial charge in [0.25, 0.3) is 5.91 Å². The minimum atomic E-state index is -1.12. The zero-order valence-electron chi connectivity index (χ0n) is 9.95. The fourth-order valence-corrected chi connectivity index (χ4v) is 1.43. The van der Waals surface area contributed by atoms with Crippen LogP contribution in [0.1, 0.15) is 24.2 Å². The summed E-state index contributed by atoms with van der Waals surface area (Å²) in [6.45, 7) is 3.25. The Bertz CT molecular complexity index is 420. The Hall–Kier alpha value is -1.27. The molecule has 0 spiro atoms. The second kappa shape index (κ2) is 6.61. The van der Waals surface area contributed by atoms with Gasteiger partial charge >= 0.3 is 5.97 Å². The highest BCUT2D eigenvalue weighted by Gasteiger charge is 2.33. The average Bonchev–Trinajstić information content (AvgIpc) is 2.24. The second-order valence-electron chi connectivity index (χ2n) is 4.14. The summed E-state index contributed by atoms with van der Waals surface area (Å²) in [6, 6.07) is 2.10. The van der Waals surface area contributed by atoms with Gasteiger partial charge in [-0.3, -0.25) is 9.78 Å². The van der Waals surface area contributed by atoms with E-state index in [1.165, 1.54) is 12.4 Å². The molecule has 0 bridgehead atoms. The molecule has 1 rings (SSSR count). The Morgan fingerprint density at radius 3 is 2.50 bits per heavy atom. The lowest BCUT2D eigenvalue weighted by Gasteiger charge is -2.26. The number of halogens is 1. The van der Waals surface area contributed by atoms with Crippen molar-refractivity contribution >= 4 is 36.9 Å². The Labute approximate surface area is 117 Å². The third kappa shape index (κ3) is 4.54. The lowest BCUT2D eigenvalue weighted by atomic mass is 10.0. The first-order chi connectivity index (χ1) is 7.82. The van der Waals surface area contributed by atoms with Crippen LogP contribution in [0.2, 0.25) is 0 Å². The number of amides is 1. The quantitative estimate of drug-likeness (QED) is 0.732. The van der Waals surface area contributed by atoms with Gasteiger partial charge in [-0.15, -0.1) is 12.4 Å². The summed E-state index contributed by atoms with van der Waals surface area (Å²) in [7, 11) is 0.